The molecule has 1 rings (SSSR count). The number of anilines is 2. The zero-order valence-electron chi connectivity index (χ0n) is 9.69. The summed E-state index contributed by atoms with van der Waals surface area (Å²) in [5.74, 6) is -1.03. The fourth-order valence-electron chi connectivity index (χ4n) is 1.18. The summed E-state index contributed by atoms with van der Waals surface area (Å²) in [7, 11) is 1.24. The van der Waals surface area contributed by atoms with Crippen LogP contribution in [0.2, 0.25) is 0 Å². The number of hydrogen-bond donors (Lipinski definition) is 2. The first-order valence-electron chi connectivity index (χ1n) is 4.96. The van der Waals surface area contributed by atoms with Gasteiger partial charge < -0.3 is 15.8 Å². The number of hydrogen-bond acceptors (Lipinski definition) is 4. The lowest BCUT2D eigenvalue weighted by Crippen LogP contribution is -2.10. The van der Waals surface area contributed by atoms with Crippen LogP contribution in [0.1, 0.15) is 5.56 Å². The third-order valence-corrected chi connectivity index (χ3v) is 2.04. The highest BCUT2D eigenvalue weighted by molar-refractivity contribution is 6.03. The van der Waals surface area contributed by atoms with E-state index in [2.05, 4.69) is 10.1 Å². The third kappa shape index (κ3) is 3.98. The molecule has 0 aliphatic heterocycles. The van der Waals surface area contributed by atoms with Crippen LogP contribution < -0.4 is 11.1 Å². The van der Waals surface area contributed by atoms with Crippen LogP contribution in [0.3, 0.4) is 0 Å². The quantitative estimate of drug-likeness (QED) is 0.468. The monoisotopic (exact) mass is 234 g/mol. The van der Waals surface area contributed by atoms with E-state index in [1.165, 1.54) is 7.11 Å². The summed E-state index contributed by atoms with van der Waals surface area (Å²) < 4.78 is 4.36. The van der Waals surface area contributed by atoms with E-state index in [4.69, 9.17) is 5.73 Å². The Bertz CT molecular complexity index is 467. The van der Waals surface area contributed by atoms with E-state index in [1.807, 2.05) is 13.0 Å². The Morgan fingerprint density at radius 2 is 2.06 bits per heavy atom. The molecule has 0 fully saturated rings. The number of nitrogen functional groups attached to an aromatic ring is 1. The van der Waals surface area contributed by atoms with Crippen molar-refractivity contribution < 1.29 is 14.3 Å². The van der Waals surface area contributed by atoms with Crippen molar-refractivity contribution in [2.45, 2.75) is 6.92 Å². The van der Waals surface area contributed by atoms with Crippen molar-refractivity contribution in [2.75, 3.05) is 18.2 Å². The van der Waals surface area contributed by atoms with E-state index >= 15 is 0 Å². The summed E-state index contributed by atoms with van der Waals surface area (Å²) in [5.41, 5.74) is 7.71. The van der Waals surface area contributed by atoms with Gasteiger partial charge in [0, 0.05) is 12.2 Å². The largest absolute Gasteiger partial charge is 0.466 e. The third-order valence-electron chi connectivity index (χ3n) is 2.04. The van der Waals surface area contributed by atoms with Crippen LogP contribution in [0.15, 0.2) is 30.4 Å². The van der Waals surface area contributed by atoms with Crippen LogP contribution in [-0.4, -0.2) is 19.0 Å². The van der Waals surface area contributed by atoms with Gasteiger partial charge in [-0.25, -0.2) is 4.79 Å². The Morgan fingerprint density at radius 1 is 1.35 bits per heavy atom. The number of nitrogens with two attached hydrogens (primary N) is 1. The first kappa shape index (κ1) is 12.8. The summed E-state index contributed by atoms with van der Waals surface area (Å²) in [4.78, 5) is 22.2. The molecule has 0 aliphatic carbocycles. The van der Waals surface area contributed by atoms with Gasteiger partial charge in [-0.2, -0.15) is 0 Å². The van der Waals surface area contributed by atoms with Crippen LogP contribution in [0, 0.1) is 6.92 Å². The second kappa shape index (κ2) is 5.69. The summed E-state index contributed by atoms with van der Waals surface area (Å²) in [6, 6.07) is 5.28. The number of carbonyl (C=O) groups is 2. The molecular formula is C12H14N2O3. The summed E-state index contributed by atoms with van der Waals surface area (Å²) in [6.07, 6.45) is 2.13. The highest BCUT2D eigenvalue weighted by Crippen LogP contribution is 2.19. The lowest BCUT2D eigenvalue weighted by atomic mass is 10.2. The minimum Gasteiger partial charge on any atom is -0.466 e. The van der Waals surface area contributed by atoms with Crippen molar-refractivity contribution >= 4 is 23.3 Å². The molecule has 0 saturated heterocycles. The standard InChI is InChI=1S/C12H14N2O3/c1-8-3-4-10(9(13)7-8)14-11(15)5-6-12(16)17-2/h3-7H,13H2,1-2H3,(H,14,15)/b6-5+. The Labute approximate surface area is 99.3 Å². The van der Waals surface area contributed by atoms with Crippen LogP contribution in [0.5, 0.6) is 0 Å². The number of carbonyl (C=O) groups excluding carboxylic acids is 2. The van der Waals surface area contributed by atoms with Gasteiger partial charge in [0.05, 0.1) is 18.5 Å². The molecule has 1 aromatic rings. The normalized spacial score (nSPS) is 10.2. The molecule has 0 bridgehead atoms. The number of aryl methyl sites for hydroxylation is 1. The molecule has 17 heavy (non-hydrogen) atoms. The van der Waals surface area contributed by atoms with Crippen molar-refractivity contribution in [3.63, 3.8) is 0 Å². The van der Waals surface area contributed by atoms with Gasteiger partial charge >= 0.3 is 5.97 Å². The number of ether oxygens (including phenoxy) is 1. The van der Waals surface area contributed by atoms with Gasteiger partial charge in [0.15, 0.2) is 0 Å². The Morgan fingerprint density at radius 3 is 2.65 bits per heavy atom. The molecule has 0 aliphatic rings. The summed E-state index contributed by atoms with van der Waals surface area (Å²) in [6.45, 7) is 1.90. The number of methoxy groups -OCH3 is 1. The molecule has 3 N–H and O–H groups in total. The Hall–Kier alpha value is -2.30. The van der Waals surface area contributed by atoms with Crippen LogP contribution >= 0.6 is 0 Å². The molecule has 1 amide bonds. The van der Waals surface area contributed by atoms with Crippen LogP contribution in [-0.2, 0) is 14.3 Å². The summed E-state index contributed by atoms with van der Waals surface area (Å²) >= 11 is 0. The van der Waals surface area contributed by atoms with E-state index in [0.717, 1.165) is 17.7 Å². The molecule has 0 radical (unpaired) electrons. The molecule has 0 unspecified atom stereocenters. The molecule has 5 nitrogen and oxygen atoms in total. The lowest BCUT2D eigenvalue weighted by Gasteiger charge is -2.06. The molecule has 0 spiro atoms. The van der Waals surface area contributed by atoms with Crippen molar-refractivity contribution in [3.05, 3.63) is 35.9 Å². The van der Waals surface area contributed by atoms with Crippen molar-refractivity contribution in [1.29, 1.82) is 0 Å². The summed E-state index contributed by atoms with van der Waals surface area (Å²) in [5, 5.41) is 2.56. The molecule has 90 valence electrons. The van der Waals surface area contributed by atoms with E-state index in [1.54, 1.807) is 12.1 Å². The first-order chi connectivity index (χ1) is 8.02. The van der Waals surface area contributed by atoms with Gasteiger partial charge in [-0.15, -0.1) is 0 Å². The number of rotatable bonds is 3. The number of nitrogens with one attached hydrogen (secondary N) is 1. The fraction of sp³-hybridized carbons (Fsp3) is 0.167. The molecule has 5 heteroatoms. The zero-order chi connectivity index (χ0) is 12.8. The predicted molar refractivity (Wildman–Crippen MR) is 65.4 cm³/mol. The Kier molecular flexibility index (Phi) is 4.28. The van der Waals surface area contributed by atoms with Gasteiger partial charge in [-0.1, -0.05) is 6.07 Å². The molecular weight excluding hydrogens is 220 g/mol. The highest BCUT2D eigenvalue weighted by atomic mass is 16.5. The van der Waals surface area contributed by atoms with Crippen molar-refractivity contribution in [1.82, 2.24) is 0 Å². The predicted octanol–water partition coefficient (Wildman–Crippen LogP) is 1.24. The molecule has 1 aromatic carbocycles. The van der Waals surface area contributed by atoms with Gasteiger partial charge in [0.1, 0.15) is 0 Å². The van der Waals surface area contributed by atoms with E-state index in [0.29, 0.717) is 11.4 Å². The number of amides is 1. The number of esters is 1. The lowest BCUT2D eigenvalue weighted by molar-refractivity contribution is -0.135. The second-order valence-corrected chi connectivity index (χ2v) is 3.44. The van der Waals surface area contributed by atoms with E-state index in [9.17, 15) is 9.59 Å². The average Bonchev–Trinajstić information content (AvgIpc) is 2.29. The molecule has 0 atom stereocenters. The number of benzene rings is 1. The van der Waals surface area contributed by atoms with Gasteiger partial charge in [-0.3, -0.25) is 4.79 Å². The molecule has 0 aromatic heterocycles. The minimum atomic E-state index is -0.586. The highest BCUT2D eigenvalue weighted by Gasteiger charge is 2.03. The van der Waals surface area contributed by atoms with Crippen molar-refractivity contribution in [3.8, 4) is 0 Å². The topological polar surface area (TPSA) is 81.4 Å². The Balaban J connectivity index is 2.68. The van der Waals surface area contributed by atoms with E-state index < -0.39 is 11.9 Å². The van der Waals surface area contributed by atoms with Crippen LogP contribution in [0.4, 0.5) is 11.4 Å². The molecule has 0 saturated carbocycles. The van der Waals surface area contributed by atoms with Crippen LogP contribution in [0.25, 0.3) is 0 Å². The van der Waals surface area contributed by atoms with Gasteiger partial charge in [0.2, 0.25) is 5.91 Å². The minimum absolute atomic E-state index is 0.439. The SMILES string of the molecule is COC(=O)/C=C/C(=O)Nc1ccc(C)cc1N. The fourth-order valence-corrected chi connectivity index (χ4v) is 1.18. The second-order valence-electron chi connectivity index (χ2n) is 3.44. The average molecular weight is 234 g/mol. The van der Waals surface area contributed by atoms with Crippen molar-refractivity contribution in [2.24, 2.45) is 0 Å². The maximum Gasteiger partial charge on any atom is 0.330 e. The first-order valence-corrected chi connectivity index (χ1v) is 4.96. The van der Waals surface area contributed by atoms with Gasteiger partial charge in [-0.05, 0) is 24.6 Å². The molecule has 0 heterocycles. The smallest absolute Gasteiger partial charge is 0.330 e. The van der Waals surface area contributed by atoms with E-state index in [-0.39, 0.29) is 0 Å². The maximum absolute atomic E-state index is 11.4. The van der Waals surface area contributed by atoms with Gasteiger partial charge in [0.25, 0.3) is 0 Å². The maximum atomic E-state index is 11.4. The zero-order valence-corrected chi connectivity index (χ0v) is 9.69.